The first-order valence-corrected chi connectivity index (χ1v) is 10.8. The van der Waals surface area contributed by atoms with Crippen LogP contribution in [0.15, 0.2) is 0 Å². The highest BCUT2D eigenvalue weighted by Gasteiger charge is 2.28. The van der Waals surface area contributed by atoms with E-state index >= 15 is 0 Å². The zero-order valence-electron chi connectivity index (χ0n) is 17.1. The van der Waals surface area contributed by atoms with Crippen LogP contribution in [0.1, 0.15) is 26.2 Å². The molecule has 0 saturated heterocycles. The summed E-state index contributed by atoms with van der Waals surface area (Å²) in [7, 11) is 0. The maximum absolute atomic E-state index is 11.4. The summed E-state index contributed by atoms with van der Waals surface area (Å²) in [5, 5.41) is 45.9. The van der Waals surface area contributed by atoms with Crippen molar-refractivity contribution in [3.8, 4) is 0 Å². The summed E-state index contributed by atoms with van der Waals surface area (Å²) >= 11 is 1.28. The van der Waals surface area contributed by atoms with Crippen molar-refractivity contribution in [2.24, 2.45) is 0 Å². The number of carboxylic acids is 3. The number of carbonyl (C=O) groups is 3. The lowest BCUT2D eigenvalue weighted by Crippen LogP contribution is -2.46. The van der Waals surface area contributed by atoms with Crippen molar-refractivity contribution in [3.63, 3.8) is 0 Å². The zero-order valence-corrected chi connectivity index (χ0v) is 18.0. The van der Waals surface area contributed by atoms with Gasteiger partial charge in [-0.2, -0.15) is 11.8 Å². The predicted molar refractivity (Wildman–Crippen MR) is 109 cm³/mol. The highest BCUT2D eigenvalue weighted by molar-refractivity contribution is 7.99. The third kappa shape index (κ3) is 16.4. The molecule has 0 amide bonds. The Balaban J connectivity index is 4.02. The van der Waals surface area contributed by atoms with Crippen LogP contribution in [-0.2, 0) is 23.9 Å². The van der Waals surface area contributed by atoms with E-state index in [0.717, 1.165) is 17.7 Å². The van der Waals surface area contributed by atoms with Gasteiger partial charge in [-0.15, -0.1) is 0 Å². The first kappa shape index (κ1) is 28.6. The van der Waals surface area contributed by atoms with Gasteiger partial charge in [0.1, 0.15) is 6.04 Å². The summed E-state index contributed by atoms with van der Waals surface area (Å²) in [5.41, 5.74) is 0. The molecule has 3 atom stereocenters. The Kier molecular flexibility index (Phi) is 16.4. The normalized spacial score (nSPS) is 14.4. The van der Waals surface area contributed by atoms with Crippen LogP contribution < -0.4 is 0 Å². The maximum atomic E-state index is 11.4. The highest BCUT2D eigenvalue weighted by Crippen LogP contribution is 2.12. The zero-order chi connectivity index (χ0) is 22.9. The van der Waals surface area contributed by atoms with Crippen molar-refractivity contribution in [3.05, 3.63) is 0 Å². The minimum atomic E-state index is -1.31. The molecule has 0 aromatic heterocycles. The highest BCUT2D eigenvalue weighted by atomic mass is 32.2. The van der Waals surface area contributed by atoms with E-state index in [0.29, 0.717) is 31.3 Å². The summed E-state index contributed by atoms with van der Waals surface area (Å²) in [4.78, 5) is 34.0. The first-order chi connectivity index (χ1) is 14.1. The summed E-state index contributed by atoms with van der Waals surface area (Å²) < 4.78 is 10.6. The van der Waals surface area contributed by atoms with Crippen LogP contribution in [0.5, 0.6) is 0 Å². The van der Waals surface area contributed by atoms with E-state index in [-0.39, 0.29) is 13.0 Å². The fourth-order valence-corrected chi connectivity index (χ4v) is 3.35. The van der Waals surface area contributed by atoms with Gasteiger partial charge in [0.15, 0.2) is 0 Å². The number of aliphatic hydroxyl groups is 2. The molecule has 0 spiro atoms. The lowest BCUT2D eigenvalue weighted by atomic mass is 10.2. The standard InChI is InChI=1S/C18H33NO10S/c1-13(20)10-28-5-2-3-6-29-11-14(21)12-30-7-4-15(18(26)27)19(8-16(22)23)9-17(24)25/h13-15,20-21H,2-12H2,1H3,(H,22,23)(H,24,25)(H,26,27). The molecule has 12 heteroatoms. The Morgan fingerprint density at radius 3 is 1.93 bits per heavy atom. The van der Waals surface area contributed by atoms with Crippen molar-refractivity contribution in [2.75, 3.05) is 51.0 Å². The van der Waals surface area contributed by atoms with Gasteiger partial charge in [-0.3, -0.25) is 19.3 Å². The average Bonchev–Trinajstić information content (AvgIpc) is 2.61. The molecular formula is C18H33NO10S. The number of rotatable bonds is 20. The molecule has 0 bridgehead atoms. The minimum Gasteiger partial charge on any atom is -0.480 e. The second-order valence-electron chi connectivity index (χ2n) is 6.77. The third-order valence-corrected chi connectivity index (χ3v) is 4.89. The number of hydrogen-bond acceptors (Lipinski definition) is 9. The van der Waals surface area contributed by atoms with Crippen molar-refractivity contribution in [1.82, 2.24) is 4.90 Å². The van der Waals surface area contributed by atoms with Gasteiger partial charge in [-0.25, -0.2) is 0 Å². The monoisotopic (exact) mass is 455 g/mol. The predicted octanol–water partition coefficient (Wildman–Crippen LogP) is -0.411. The Morgan fingerprint density at radius 2 is 1.47 bits per heavy atom. The third-order valence-electron chi connectivity index (χ3n) is 3.75. The van der Waals surface area contributed by atoms with Gasteiger partial charge in [0.25, 0.3) is 0 Å². The molecule has 0 rings (SSSR count). The Labute approximate surface area is 180 Å². The van der Waals surface area contributed by atoms with Gasteiger partial charge in [-0.1, -0.05) is 0 Å². The fourth-order valence-electron chi connectivity index (χ4n) is 2.43. The number of carboxylic acid groups (broad SMARTS) is 3. The molecule has 5 N–H and O–H groups in total. The van der Waals surface area contributed by atoms with E-state index in [4.69, 9.17) is 24.8 Å². The van der Waals surface area contributed by atoms with Crippen molar-refractivity contribution >= 4 is 29.7 Å². The minimum absolute atomic E-state index is 0.0423. The molecule has 0 aromatic rings. The fraction of sp³-hybridized carbons (Fsp3) is 0.833. The van der Waals surface area contributed by atoms with Crippen LogP contribution in [0, 0.1) is 0 Å². The summed E-state index contributed by atoms with van der Waals surface area (Å²) in [5.74, 6) is -3.29. The molecule has 0 saturated carbocycles. The van der Waals surface area contributed by atoms with Gasteiger partial charge in [0, 0.05) is 19.0 Å². The Hall–Kier alpha value is -1.44. The van der Waals surface area contributed by atoms with Crippen molar-refractivity contribution < 1.29 is 49.4 Å². The Bertz CT molecular complexity index is 489. The first-order valence-electron chi connectivity index (χ1n) is 9.63. The van der Waals surface area contributed by atoms with E-state index in [9.17, 15) is 24.6 Å². The molecule has 0 heterocycles. The molecular weight excluding hydrogens is 422 g/mol. The maximum Gasteiger partial charge on any atom is 0.320 e. The number of ether oxygens (including phenoxy) is 2. The van der Waals surface area contributed by atoms with Crippen LogP contribution in [-0.4, -0.2) is 118 Å². The van der Waals surface area contributed by atoms with Crippen molar-refractivity contribution in [1.29, 1.82) is 0 Å². The lowest BCUT2D eigenvalue weighted by Gasteiger charge is -2.25. The van der Waals surface area contributed by atoms with Gasteiger partial charge in [0.05, 0.1) is 38.5 Å². The van der Waals surface area contributed by atoms with E-state index in [2.05, 4.69) is 0 Å². The van der Waals surface area contributed by atoms with Gasteiger partial charge >= 0.3 is 17.9 Å². The van der Waals surface area contributed by atoms with Gasteiger partial charge in [-0.05, 0) is 31.9 Å². The molecule has 176 valence electrons. The van der Waals surface area contributed by atoms with Crippen LogP contribution in [0.2, 0.25) is 0 Å². The number of aliphatic hydroxyl groups excluding tert-OH is 2. The van der Waals surface area contributed by atoms with Crippen molar-refractivity contribution in [2.45, 2.75) is 44.4 Å². The lowest BCUT2D eigenvalue weighted by molar-refractivity contribution is -0.149. The SMILES string of the molecule is CC(O)COCCCCOCC(O)CSCCC(C(=O)O)N(CC(=O)O)CC(=O)O. The number of hydrogen-bond donors (Lipinski definition) is 5. The molecule has 0 fully saturated rings. The summed E-state index contributed by atoms with van der Waals surface area (Å²) in [6.45, 7) is 1.69. The molecule has 0 aliphatic heterocycles. The summed E-state index contributed by atoms with van der Waals surface area (Å²) in [6, 6.07) is -1.24. The summed E-state index contributed by atoms with van der Waals surface area (Å²) in [6.07, 6.45) is 0.344. The number of unbranched alkanes of at least 4 members (excludes halogenated alkanes) is 1. The molecule has 3 unspecified atom stereocenters. The van der Waals surface area contributed by atoms with E-state index in [1.54, 1.807) is 6.92 Å². The second kappa shape index (κ2) is 17.3. The largest absolute Gasteiger partial charge is 0.480 e. The quantitative estimate of drug-likeness (QED) is 0.150. The van der Waals surface area contributed by atoms with E-state index < -0.39 is 49.2 Å². The van der Waals surface area contributed by atoms with Gasteiger partial charge in [0.2, 0.25) is 0 Å². The van der Waals surface area contributed by atoms with E-state index in [1.807, 2.05) is 0 Å². The molecule has 0 aliphatic rings. The molecule has 0 aromatic carbocycles. The topological polar surface area (TPSA) is 174 Å². The average molecular weight is 456 g/mol. The second-order valence-corrected chi connectivity index (χ2v) is 7.92. The van der Waals surface area contributed by atoms with E-state index in [1.165, 1.54) is 11.8 Å². The van der Waals surface area contributed by atoms with Crippen LogP contribution in [0.25, 0.3) is 0 Å². The van der Waals surface area contributed by atoms with Gasteiger partial charge < -0.3 is 35.0 Å². The van der Waals surface area contributed by atoms with Crippen LogP contribution in [0.4, 0.5) is 0 Å². The number of thioether (sulfide) groups is 1. The Morgan fingerprint density at radius 1 is 0.933 bits per heavy atom. The van der Waals surface area contributed by atoms with Crippen LogP contribution in [0.3, 0.4) is 0 Å². The molecule has 30 heavy (non-hydrogen) atoms. The number of aliphatic carboxylic acids is 3. The number of nitrogens with zero attached hydrogens (tertiary/aromatic N) is 1. The molecule has 0 aliphatic carbocycles. The smallest absolute Gasteiger partial charge is 0.320 e. The molecule has 0 radical (unpaired) electrons. The molecule has 11 nitrogen and oxygen atoms in total. The van der Waals surface area contributed by atoms with Crippen LogP contribution >= 0.6 is 11.8 Å².